The number of aromatic nitrogens is 4. The predicted octanol–water partition coefficient (Wildman–Crippen LogP) is 1.58. The molecule has 3 heterocycles. The van der Waals surface area contributed by atoms with Crippen LogP contribution < -0.4 is 5.32 Å². The van der Waals surface area contributed by atoms with Crippen LogP contribution in [0, 0.1) is 19.8 Å². The number of nitrogens with zero attached hydrogens (tertiary/aromatic N) is 4. The number of ether oxygens (including phenoxy) is 1. The minimum absolute atomic E-state index is 0.112. The maximum absolute atomic E-state index is 9.12. The molecule has 7 nitrogen and oxygen atoms in total. The van der Waals surface area contributed by atoms with Crippen molar-refractivity contribution >= 4 is 0 Å². The molecule has 3 rings (SSSR count). The van der Waals surface area contributed by atoms with Gasteiger partial charge in [0.2, 0.25) is 0 Å². The quantitative estimate of drug-likeness (QED) is 0.758. The average molecular weight is 347 g/mol. The summed E-state index contributed by atoms with van der Waals surface area (Å²) in [6.45, 7) is 10.2. The lowest BCUT2D eigenvalue weighted by Crippen LogP contribution is -2.25. The van der Waals surface area contributed by atoms with E-state index < -0.39 is 0 Å². The first-order valence-corrected chi connectivity index (χ1v) is 9.12. The summed E-state index contributed by atoms with van der Waals surface area (Å²) in [6.07, 6.45) is 5.22. The van der Waals surface area contributed by atoms with Crippen molar-refractivity contribution in [2.75, 3.05) is 19.8 Å². The number of rotatable bonds is 8. The third kappa shape index (κ3) is 3.94. The van der Waals surface area contributed by atoms with Crippen LogP contribution in [0.25, 0.3) is 0 Å². The molecule has 0 amide bonds. The number of nitrogens with one attached hydrogen (secondary N) is 1. The first-order valence-electron chi connectivity index (χ1n) is 9.12. The van der Waals surface area contributed by atoms with Crippen LogP contribution in [0.5, 0.6) is 0 Å². The first kappa shape index (κ1) is 18.1. The topological polar surface area (TPSA) is 77.1 Å². The molecule has 0 aromatic carbocycles. The molecule has 1 fully saturated rings. The number of hydrogen-bond donors (Lipinski definition) is 2. The highest BCUT2D eigenvalue weighted by Crippen LogP contribution is 2.33. The number of aliphatic hydroxyl groups is 1. The molecule has 0 unspecified atom stereocenters. The van der Waals surface area contributed by atoms with E-state index in [1.54, 1.807) is 0 Å². The molecule has 2 aromatic rings. The Labute approximate surface area is 149 Å². The van der Waals surface area contributed by atoms with Crippen molar-refractivity contribution in [3.8, 4) is 0 Å². The van der Waals surface area contributed by atoms with Gasteiger partial charge in [0.25, 0.3) is 0 Å². The van der Waals surface area contributed by atoms with Crippen molar-refractivity contribution in [3.05, 3.63) is 34.9 Å². The first-order chi connectivity index (χ1) is 12.1. The molecule has 1 aliphatic heterocycles. The van der Waals surface area contributed by atoms with E-state index in [2.05, 4.69) is 35.6 Å². The Morgan fingerprint density at radius 1 is 1.40 bits per heavy atom. The van der Waals surface area contributed by atoms with Gasteiger partial charge in [-0.2, -0.15) is 10.2 Å². The van der Waals surface area contributed by atoms with Crippen molar-refractivity contribution in [1.29, 1.82) is 0 Å². The summed E-state index contributed by atoms with van der Waals surface area (Å²) in [4.78, 5) is 0. The molecule has 0 saturated carbocycles. The van der Waals surface area contributed by atoms with E-state index in [0.29, 0.717) is 12.5 Å². The lowest BCUT2D eigenvalue weighted by Gasteiger charge is -2.18. The molecule has 138 valence electrons. The van der Waals surface area contributed by atoms with E-state index in [4.69, 9.17) is 9.84 Å². The van der Waals surface area contributed by atoms with Crippen LogP contribution in [-0.4, -0.2) is 44.4 Å². The summed E-state index contributed by atoms with van der Waals surface area (Å²) in [5.41, 5.74) is 4.56. The van der Waals surface area contributed by atoms with Gasteiger partial charge in [-0.3, -0.25) is 9.36 Å². The third-order valence-electron chi connectivity index (χ3n) is 5.07. The molecule has 1 aliphatic rings. The van der Waals surface area contributed by atoms with E-state index in [9.17, 15) is 0 Å². The summed E-state index contributed by atoms with van der Waals surface area (Å²) in [5, 5.41) is 21.6. The molecule has 2 aromatic heterocycles. The molecule has 25 heavy (non-hydrogen) atoms. The molecular formula is C18H29N5O2. The number of aliphatic hydroxyl groups excluding tert-OH is 1. The molecule has 0 aliphatic carbocycles. The van der Waals surface area contributed by atoms with Crippen LogP contribution in [0.1, 0.15) is 42.0 Å². The predicted molar refractivity (Wildman–Crippen MR) is 95.2 cm³/mol. The van der Waals surface area contributed by atoms with Crippen LogP contribution in [0.2, 0.25) is 0 Å². The maximum atomic E-state index is 9.12. The van der Waals surface area contributed by atoms with Gasteiger partial charge in [-0.05, 0) is 27.2 Å². The fourth-order valence-corrected chi connectivity index (χ4v) is 3.60. The Morgan fingerprint density at radius 2 is 2.24 bits per heavy atom. The van der Waals surface area contributed by atoms with Gasteiger partial charge in [0, 0.05) is 55.2 Å². The highest BCUT2D eigenvalue weighted by molar-refractivity contribution is 5.24. The second-order valence-electron chi connectivity index (χ2n) is 6.70. The van der Waals surface area contributed by atoms with Crippen molar-refractivity contribution in [2.24, 2.45) is 5.92 Å². The molecular weight excluding hydrogens is 318 g/mol. The number of aryl methyl sites for hydroxylation is 2. The van der Waals surface area contributed by atoms with E-state index in [-0.39, 0.29) is 12.7 Å². The highest BCUT2D eigenvalue weighted by atomic mass is 16.5. The smallest absolute Gasteiger partial charge is 0.0896 e. The Morgan fingerprint density at radius 3 is 2.96 bits per heavy atom. The zero-order valence-electron chi connectivity index (χ0n) is 15.4. The van der Waals surface area contributed by atoms with Crippen molar-refractivity contribution in [1.82, 2.24) is 24.9 Å². The van der Waals surface area contributed by atoms with Crippen molar-refractivity contribution in [3.63, 3.8) is 0 Å². The van der Waals surface area contributed by atoms with E-state index in [1.165, 1.54) is 11.1 Å². The highest BCUT2D eigenvalue weighted by Gasteiger charge is 2.30. The normalized spacial score (nSPS) is 20.5. The Kier molecular flexibility index (Phi) is 5.88. The standard InChI is InChI=1S/C18H29N5O2/c1-4-22-12-16(10-20-22)18-15(5-8-25-18)9-19-11-17-13(2)21-23(6-7-24)14(17)3/h10,12,15,18-19,24H,4-9,11H2,1-3H3/t15-,18+/m1/s1. The molecule has 2 atom stereocenters. The van der Waals surface area contributed by atoms with Crippen LogP contribution in [0.3, 0.4) is 0 Å². The monoisotopic (exact) mass is 347 g/mol. The fraction of sp³-hybridized carbons (Fsp3) is 0.667. The summed E-state index contributed by atoms with van der Waals surface area (Å²) in [7, 11) is 0. The molecule has 0 spiro atoms. The maximum Gasteiger partial charge on any atom is 0.0896 e. The lowest BCUT2D eigenvalue weighted by atomic mass is 9.97. The zero-order valence-corrected chi connectivity index (χ0v) is 15.4. The molecule has 0 bridgehead atoms. The van der Waals surface area contributed by atoms with Gasteiger partial charge in [0.15, 0.2) is 0 Å². The van der Waals surface area contributed by atoms with E-state index >= 15 is 0 Å². The second-order valence-corrected chi connectivity index (χ2v) is 6.70. The zero-order chi connectivity index (χ0) is 17.8. The van der Waals surface area contributed by atoms with E-state index in [1.807, 2.05) is 22.5 Å². The molecule has 2 N–H and O–H groups in total. The van der Waals surface area contributed by atoms with Crippen molar-refractivity contribution < 1.29 is 9.84 Å². The van der Waals surface area contributed by atoms with Gasteiger partial charge in [-0.15, -0.1) is 0 Å². The molecule has 1 saturated heterocycles. The number of hydrogen-bond acceptors (Lipinski definition) is 5. The van der Waals surface area contributed by atoms with Crippen LogP contribution in [-0.2, 0) is 24.4 Å². The van der Waals surface area contributed by atoms with Gasteiger partial charge in [0.1, 0.15) is 0 Å². The molecule has 0 radical (unpaired) electrons. The Hall–Kier alpha value is -1.70. The largest absolute Gasteiger partial charge is 0.394 e. The SMILES string of the molecule is CCn1cc([C@H]2OCC[C@@H]2CNCc2c(C)nn(CCO)c2C)cn1. The summed E-state index contributed by atoms with van der Waals surface area (Å²) in [6, 6.07) is 0. The minimum Gasteiger partial charge on any atom is -0.394 e. The van der Waals surface area contributed by atoms with Gasteiger partial charge in [0.05, 0.1) is 31.1 Å². The van der Waals surface area contributed by atoms with Crippen LogP contribution >= 0.6 is 0 Å². The molecule has 7 heteroatoms. The Balaban J connectivity index is 1.58. The van der Waals surface area contributed by atoms with Gasteiger partial charge in [-0.25, -0.2) is 0 Å². The van der Waals surface area contributed by atoms with Gasteiger partial charge in [-0.1, -0.05) is 0 Å². The summed E-state index contributed by atoms with van der Waals surface area (Å²) in [5.74, 6) is 0.461. The lowest BCUT2D eigenvalue weighted by molar-refractivity contribution is 0.0903. The fourth-order valence-electron chi connectivity index (χ4n) is 3.60. The van der Waals surface area contributed by atoms with Crippen molar-refractivity contribution in [2.45, 2.75) is 52.9 Å². The van der Waals surface area contributed by atoms with Gasteiger partial charge >= 0.3 is 0 Å². The summed E-state index contributed by atoms with van der Waals surface area (Å²) < 4.78 is 9.79. The van der Waals surface area contributed by atoms with Crippen LogP contribution in [0.4, 0.5) is 0 Å². The average Bonchev–Trinajstić information content (AvgIpc) is 3.30. The van der Waals surface area contributed by atoms with E-state index in [0.717, 1.165) is 44.0 Å². The second kappa shape index (κ2) is 8.12. The third-order valence-corrected chi connectivity index (χ3v) is 5.07. The minimum atomic E-state index is 0.112. The van der Waals surface area contributed by atoms with Crippen LogP contribution in [0.15, 0.2) is 12.4 Å². The Bertz CT molecular complexity index is 694. The van der Waals surface area contributed by atoms with Gasteiger partial charge < -0.3 is 15.2 Å². The summed E-state index contributed by atoms with van der Waals surface area (Å²) >= 11 is 0.